The van der Waals surface area contributed by atoms with E-state index in [1.807, 2.05) is 0 Å². The van der Waals surface area contributed by atoms with E-state index in [0.717, 1.165) is 13.0 Å². The fourth-order valence-electron chi connectivity index (χ4n) is 7.35. The van der Waals surface area contributed by atoms with E-state index >= 15 is 0 Å². The van der Waals surface area contributed by atoms with E-state index in [1.54, 1.807) is 5.57 Å². The molecule has 0 aromatic heterocycles. The molecule has 0 radical (unpaired) electrons. The van der Waals surface area contributed by atoms with E-state index in [9.17, 15) is 5.11 Å². The summed E-state index contributed by atoms with van der Waals surface area (Å²) in [6.45, 7) is 3.31. The first kappa shape index (κ1) is 13.0. The van der Waals surface area contributed by atoms with Crippen LogP contribution >= 0.6 is 0 Å². The molecule has 3 heteroatoms. The Bertz CT molecular complexity index is 743. The molecule has 1 aromatic carbocycles. The van der Waals surface area contributed by atoms with Crippen LogP contribution in [-0.2, 0) is 5.41 Å². The molecule has 1 N–H and O–H groups in total. The molecule has 1 aromatic rings. The number of para-hydroxylation sites is 1. The maximum absolute atomic E-state index is 11.6. The zero-order valence-electron chi connectivity index (χ0n) is 13.8. The Morgan fingerprint density at radius 1 is 1.26 bits per heavy atom. The second-order valence-electron chi connectivity index (χ2n) is 8.35. The maximum Gasteiger partial charge on any atom is 0.0707 e. The van der Waals surface area contributed by atoms with Gasteiger partial charge in [-0.2, -0.15) is 0 Å². The predicted octanol–water partition coefficient (Wildman–Crippen LogP) is 2.16. The number of benzene rings is 1. The fraction of sp³-hybridized carbons (Fsp3) is 0.600. The van der Waals surface area contributed by atoms with Gasteiger partial charge in [-0.25, -0.2) is 0 Å². The molecule has 7 rings (SSSR count). The van der Waals surface area contributed by atoms with Gasteiger partial charge in [0.25, 0.3) is 0 Å². The van der Waals surface area contributed by atoms with Gasteiger partial charge in [0.1, 0.15) is 0 Å². The molecule has 1 saturated carbocycles. The van der Waals surface area contributed by atoms with Crippen molar-refractivity contribution in [2.24, 2.45) is 11.8 Å². The number of hydrogen-bond donors (Lipinski definition) is 1. The molecule has 0 amide bonds. The molecule has 1 spiro atoms. The number of allylic oxidation sites excluding steroid dienone is 1. The summed E-state index contributed by atoms with van der Waals surface area (Å²) in [6, 6.07) is 10.5. The van der Waals surface area contributed by atoms with Crippen molar-refractivity contribution in [3.05, 3.63) is 41.5 Å². The van der Waals surface area contributed by atoms with E-state index in [-0.39, 0.29) is 11.5 Å². The molecular formula is C20H24N2O. The van der Waals surface area contributed by atoms with Crippen LogP contribution in [-0.4, -0.2) is 47.8 Å². The van der Waals surface area contributed by atoms with E-state index in [1.165, 1.54) is 17.7 Å². The minimum Gasteiger partial charge on any atom is -0.392 e. The smallest absolute Gasteiger partial charge is 0.0707 e. The lowest BCUT2D eigenvalue weighted by Crippen LogP contribution is -2.68. The highest BCUT2D eigenvalue weighted by molar-refractivity contribution is 5.67. The van der Waals surface area contributed by atoms with Gasteiger partial charge in [-0.1, -0.05) is 29.8 Å². The number of nitrogens with zero attached hydrogens (tertiary/aromatic N) is 2. The molecule has 3 nitrogen and oxygen atoms in total. The Balaban J connectivity index is 1.62. The Hall–Kier alpha value is -1.32. The third-order valence-electron chi connectivity index (χ3n) is 8.00. The number of piperidine rings is 4. The zero-order chi connectivity index (χ0) is 15.5. The van der Waals surface area contributed by atoms with Gasteiger partial charge < -0.3 is 10.0 Å². The SMILES string of the molecule is C/C=C1/CN2[C@H]3C[C@@]45c6ccccc6N(C)[C@H]4[C@@H]2CC1C3C5O. The van der Waals surface area contributed by atoms with Crippen LogP contribution in [0.2, 0.25) is 0 Å². The lowest BCUT2D eigenvalue weighted by atomic mass is 9.65. The second-order valence-corrected chi connectivity index (χ2v) is 8.35. The molecule has 120 valence electrons. The number of likely N-dealkylation sites (N-methyl/N-ethyl adjacent to an activating group) is 1. The molecule has 1 aliphatic carbocycles. The van der Waals surface area contributed by atoms with Crippen molar-refractivity contribution in [1.82, 2.24) is 4.90 Å². The molecule has 5 bridgehead atoms. The predicted molar refractivity (Wildman–Crippen MR) is 90.6 cm³/mol. The average molecular weight is 308 g/mol. The maximum atomic E-state index is 11.6. The van der Waals surface area contributed by atoms with Gasteiger partial charge >= 0.3 is 0 Å². The van der Waals surface area contributed by atoms with Crippen molar-refractivity contribution in [3.8, 4) is 0 Å². The van der Waals surface area contributed by atoms with E-state index in [0.29, 0.717) is 30.0 Å². The monoisotopic (exact) mass is 308 g/mol. The van der Waals surface area contributed by atoms with Crippen molar-refractivity contribution in [1.29, 1.82) is 0 Å². The summed E-state index contributed by atoms with van der Waals surface area (Å²) >= 11 is 0. The zero-order valence-corrected chi connectivity index (χ0v) is 13.8. The summed E-state index contributed by atoms with van der Waals surface area (Å²) in [6.07, 6.45) is 4.51. The van der Waals surface area contributed by atoms with E-state index in [4.69, 9.17) is 0 Å². The highest BCUT2D eigenvalue weighted by Crippen LogP contribution is 2.67. The van der Waals surface area contributed by atoms with Crippen LogP contribution in [0.25, 0.3) is 0 Å². The lowest BCUT2D eigenvalue weighted by molar-refractivity contribution is -0.0345. The quantitative estimate of drug-likeness (QED) is 0.744. The first-order chi connectivity index (χ1) is 11.2. The van der Waals surface area contributed by atoms with Crippen LogP contribution in [0.1, 0.15) is 25.3 Å². The molecule has 5 fully saturated rings. The minimum atomic E-state index is -0.196. The standard InChI is InChI=1S/C20H24N2O/c1-3-11-10-22-15-8-12(11)17-16(22)9-20(19(17)23)13-6-4-5-7-14(13)21(2)18(15)20/h3-7,12,15-19,23H,8-10H2,1-2H3/b11-3-/t12?,15-,16-,17?,18-,19?,20+/m0/s1. The van der Waals surface area contributed by atoms with Gasteiger partial charge in [0.2, 0.25) is 0 Å². The number of aliphatic hydroxyl groups is 1. The first-order valence-corrected chi connectivity index (χ1v) is 9.09. The number of anilines is 1. The molecule has 4 unspecified atom stereocenters. The molecule has 5 aliphatic heterocycles. The van der Waals surface area contributed by atoms with Gasteiger partial charge in [0.15, 0.2) is 0 Å². The molecule has 4 saturated heterocycles. The van der Waals surface area contributed by atoms with Crippen molar-refractivity contribution in [2.45, 2.75) is 49.4 Å². The first-order valence-electron chi connectivity index (χ1n) is 9.09. The van der Waals surface area contributed by atoms with Crippen molar-refractivity contribution >= 4 is 5.69 Å². The molecule has 8 atom stereocenters. The normalized spacial score (nSPS) is 53.1. The number of aliphatic hydroxyl groups excluding tert-OH is 1. The van der Waals surface area contributed by atoms with Crippen LogP contribution in [0.4, 0.5) is 5.69 Å². The van der Waals surface area contributed by atoms with Crippen LogP contribution in [0, 0.1) is 11.8 Å². The van der Waals surface area contributed by atoms with Crippen LogP contribution < -0.4 is 4.90 Å². The van der Waals surface area contributed by atoms with Crippen LogP contribution in [0.15, 0.2) is 35.9 Å². The third kappa shape index (κ3) is 1.17. The topological polar surface area (TPSA) is 26.7 Å². The minimum absolute atomic E-state index is 0.0280. The number of hydrogen-bond acceptors (Lipinski definition) is 3. The lowest BCUT2D eigenvalue weighted by Gasteiger charge is -2.58. The van der Waals surface area contributed by atoms with E-state index < -0.39 is 0 Å². The number of fused-ring (bicyclic) bond motifs is 2. The van der Waals surface area contributed by atoms with Gasteiger partial charge in [0, 0.05) is 42.7 Å². The van der Waals surface area contributed by atoms with E-state index in [2.05, 4.69) is 54.1 Å². The summed E-state index contributed by atoms with van der Waals surface area (Å²) in [5, 5.41) is 11.6. The van der Waals surface area contributed by atoms with Crippen LogP contribution in [0.5, 0.6) is 0 Å². The van der Waals surface area contributed by atoms with Crippen molar-refractivity contribution in [3.63, 3.8) is 0 Å². The van der Waals surface area contributed by atoms with Gasteiger partial charge in [0.05, 0.1) is 12.1 Å². The Kier molecular flexibility index (Phi) is 2.17. The van der Waals surface area contributed by atoms with Gasteiger partial charge in [-0.15, -0.1) is 0 Å². The molecular weight excluding hydrogens is 284 g/mol. The van der Waals surface area contributed by atoms with Gasteiger partial charge in [-0.3, -0.25) is 4.90 Å². The van der Waals surface area contributed by atoms with Crippen molar-refractivity contribution in [2.75, 3.05) is 18.5 Å². The summed E-state index contributed by atoms with van der Waals surface area (Å²) in [7, 11) is 2.25. The average Bonchev–Trinajstić information content (AvgIpc) is 2.98. The third-order valence-corrected chi connectivity index (χ3v) is 8.00. The summed E-state index contributed by atoms with van der Waals surface area (Å²) < 4.78 is 0. The summed E-state index contributed by atoms with van der Waals surface area (Å²) in [4.78, 5) is 5.25. The Morgan fingerprint density at radius 3 is 2.91 bits per heavy atom. The van der Waals surface area contributed by atoms with Crippen molar-refractivity contribution < 1.29 is 5.11 Å². The summed E-state index contributed by atoms with van der Waals surface area (Å²) in [5.41, 5.74) is 4.32. The Labute approximate surface area is 137 Å². The largest absolute Gasteiger partial charge is 0.392 e. The van der Waals surface area contributed by atoms with Crippen LogP contribution in [0.3, 0.4) is 0 Å². The van der Waals surface area contributed by atoms with Gasteiger partial charge in [-0.05, 0) is 37.3 Å². The Morgan fingerprint density at radius 2 is 2.09 bits per heavy atom. The summed E-state index contributed by atoms with van der Waals surface area (Å²) in [5.74, 6) is 1.05. The highest BCUT2D eigenvalue weighted by atomic mass is 16.3. The highest BCUT2D eigenvalue weighted by Gasteiger charge is 2.74. The second kappa shape index (κ2) is 3.84. The molecule has 6 aliphatic rings. The molecule has 23 heavy (non-hydrogen) atoms. The fourth-order valence-corrected chi connectivity index (χ4v) is 7.35. The number of rotatable bonds is 0. The molecule has 5 heterocycles.